The van der Waals surface area contributed by atoms with Crippen LogP contribution in [0.4, 0.5) is 0 Å². The van der Waals surface area contributed by atoms with Crippen LogP contribution >= 0.6 is 27.7 Å². The fourth-order valence-electron chi connectivity index (χ4n) is 2.61. The highest BCUT2D eigenvalue weighted by Crippen LogP contribution is 2.31. The summed E-state index contributed by atoms with van der Waals surface area (Å²) in [6, 6.07) is 5.41. The molecule has 0 saturated carbocycles. The maximum absolute atomic E-state index is 12.6. The van der Waals surface area contributed by atoms with Crippen LogP contribution in [0.15, 0.2) is 46.2 Å². The van der Waals surface area contributed by atoms with Crippen LogP contribution in [-0.4, -0.2) is 51.1 Å². The van der Waals surface area contributed by atoms with E-state index in [4.69, 9.17) is 5.73 Å². The minimum atomic E-state index is -0.557. The number of primary amides is 1. The smallest absolute Gasteiger partial charge is 0.254 e. The van der Waals surface area contributed by atoms with Gasteiger partial charge in [0.1, 0.15) is 0 Å². The van der Waals surface area contributed by atoms with Crippen molar-refractivity contribution in [2.75, 3.05) is 19.8 Å². The lowest BCUT2D eigenvalue weighted by molar-refractivity contribution is -0.118. The number of likely N-dealkylation sites (N-methyl/N-ethyl adjacent to an activating group) is 1. The van der Waals surface area contributed by atoms with Crippen LogP contribution in [0, 0.1) is 0 Å². The predicted octanol–water partition coefficient (Wildman–Crippen LogP) is 2.46. The van der Waals surface area contributed by atoms with Crippen molar-refractivity contribution in [1.82, 2.24) is 19.4 Å². The van der Waals surface area contributed by atoms with Gasteiger partial charge in [-0.2, -0.15) is 0 Å². The number of nitrogens with zero attached hydrogens (tertiary/aromatic N) is 4. The number of benzene rings is 1. The van der Waals surface area contributed by atoms with E-state index >= 15 is 0 Å². The van der Waals surface area contributed by atoms with Gasteiger partial charge >= 0.3 is 0 Å². The maximum atomic E-state index is 12.6. The molecule has 0 unspecified atom stereocenters. The number of hydrogen-bond donors (Lipinski definition) is 1. The molecule has 9 heteroatoms. The van der Waals surface area contributed by atoms with Crippen molar-refractivity contribution in [1.29, 1.82) is 0 Å². The maximum Gasteiger partial charge on any atom is 0.254 e. The standard InChI is InChI=1S/C17H16BrN5O2S/c1-22(9-15(19)24)16(25)10-3-4-12-13(5-10)23(8-14(12)26-2)17-20-6-11(18)7-21-17/h3-8H,9H2,1-2H3,(H2,19,24). The van der Waals surface area contributed by atoms with Crippen LogP contribution in [0.5, 0.6) is 0 Å². The highest BCUT2D eigenvalue weighted by atomic mass is 79.9. The molecule has 134 valence electrons. The molecule has 2 amide bonds. The number of nitrogens with two attached hydrogens (primary N) is 1. The molecule has 0 aliphatic heterocycles. The van der Waals surface area contributed by atoms with Crippen LogP contribution in [0.25, 0.3) is 16.9 Å². The lowest BCUT2D eigenvalue weighted by atomic mass is 10.1. The first-order valence-electron chi connectivity index (χ1n) is 7.61. The Hall–Kier alpha value is -2.39. The zero-order valence-electron chi connectivity index (χ0n) is 14.1. The summed E-state index contributed by atoms with van der Waals surface area (Å²) in [5, 5.41) is 0.998. The van der Waals surface area contributed by atoms with Gasteiger partial charge in [-0.1, -0.05) is 6.07 Å². The Morgan fingerprint density at radius 2 is 2.00 bits per heavy atom. The van der Waals surface area contributed by atoms with E-state index in [1.54, 1.807) is 43.3 Å². The van der Waals surface area contributed by atoms with E-state index in [0.29, 0.717) is 11.5 Å². The van der Waals surface area contributed by atoms with Crippen molar-refractivity contribution in [2.24, 2.45) is 5.73 Å². The van der Waals surface area contributed by atoms with Crippen molar-refractivity contribution >= 4 is 50.4 Å². The number of aromatic nitrogens is 3. The van der Waals surface area contributed by atoms with Gasteiger partial charge in [0, 0.05) is 41.5 Å². The zero-order valence-corrected chi connectivity index (χ0v) is 16.5. The summed E-state index contributed by atoms with van der Waals surface area (Å²) in [4.78, 5) is 34.6. The molecule has 2 aromatic heterocycles. The molecule has 0 radical (unpaired) electrons. The number of halogens is 1. The SMILES string of the molecule is CSc1cn(-c2ncc(Br)cn2)c2cc(C(=O)N(C)CC(N)=O)ccc12. The Labute approximate surface area is 162 Å². The predicted molar refractivity (Wildman–Crippen MR) is 105 cm³/mol. The average Bonchev–Trinajstić information content (AvgIpc) is 2.99. The molecular formula is C17H16BrN5O2S. The molecule has 1 aromatic carbocycles. The van der Waals surface area contributed by atoms with E-state index in [9.17, 15) is 9.59 Å². The summed E-state index contributed by atoms with van der Waals surface area (Å²) in [7, 11) is 1.54. The number of carbonyl (C=O) groups excluding carboxylic acids is 2. The van der Waals surface area contributed by atoms with Crippen molar-refractivity contribution in [3.63, 3.8) is 0 Å². The summed E-state index contributed by atoms with van der Waals surface area (Å²) in [6.45, 7) is -0.135. The van der Waals surface area contributed by atoms with E-state index in [1.165, 1.54) is 4.90 Å². The van der Waals surface area contributed by atoms with Crippen LogP contribution in [0.3, 0.4) is 0 Å². The average molecular weight is 434 g/mol. The molecule has 0 aliphatic carbocycles. The first-order valence-corrected chi connectivity index (χ1v) is 9.63. The van der Waals surface area contributed by atoms with Crippen molar-refractivity contribution in [3.8, 4) is 5.95 Å². The summed E-state index contributed by atoms with van der Waals surface area (Å²) in [5.74, 6) is -0.326. The third-order valence-electron chi connectivity index (χ3n) is 3.80. The topological polar surface area (TPSA) is 94.1 Å². The molecule has 2 N–H and O–H groups in total. The summed E-state index contributed by atoms with van der Waals surface area (Å²) in [5.41, 5.74) is 6.45. The lowest BCUT2D eigenvalue weighted by Crippen LogP contribution is -2.35. The van der Waals surface area contributed by atoms with Crippen molar-refractivity contribution < 1.29 is 9.59 Å². The number of carbonyl (C=O) groups is 2. The van der Waals surface area contributed by atoms with Gasteiger partial charge in [0.15, 0.2) is 0 Å². The van der Waals surface area contributed by atoms with Crippen molar-refractivity contribution in [2.45, 2.75) is 4.90 Å². The molecule has 0 atom stereocenters. The minimum Gasteiger partial charge on any atom is -0.368 e. The highest BCUT2D eigenvalue weighted by Gasteiger charge is 2.17. The molecule has 3 aromatic rings. The molecule has 0 fully saturated rings. The third-order valence-corrected chi connectivity index (χ3v) is 4.97. The molecule has 7 nitrogen and oxygen atoms in total. The summed E-state index contributed by atoms with van der Waals surface area (Å²) < 4.78 is 2.63. The number of amides is 2. The Kier molecular flexibility index (Phi) is 5.28. The molecule has 3 rings (SSSR count). The van der Waals surface area contributed by atoms with E-state index in [2.05, 4.69) is 25.9 Å². The zero-order chi connectivity index (χ0) is 18.8. The molecule has 0 spiro atoms. The second-order valence-electron chi connectivity index (χ2n) is 5.63. The van der Waals surface area contributed by atoms with E-state index in [0.717, 1.165) is 20.3 Å². The minimum absolute atomic E-state index is 0.135. The van der Waals surface area contributed by atoms with Crippen LogP contribution in [0.1, 0.15) is 10.4 Å². The van der Waals surface area contributed by atoms with Gasteiger partial charge in [0.25, 0.3) is 5.91 Å². The number of rotatable bonds is 5. The Morgan fingerprint density at radius 3 is 2.62 bits per heavy atom. The van der Waals surface area contributed by atoms with Gasteiger partial charge in [-0.05, 0) is 34.3 Å². The van der Waals surface area contributed by atoms with Crippen LogP contribution < -0.4 is 5.73 Å². The number of hydrogen-bond acceptors (Lipinski definition) is 5. The normalized spacial score (nSPS) is 10.9. The first-order chi connectivity index (χ1) is 12.4. The second kappa shape index (κ2) is 7.46. The van der Waals surface area contributed by atoms with Crippen molar-refractivity contribution in [3.05, 3.63) is 46.8 Å². The monoisotopic (exact) mass is 433 g/mol. The van der Waals surface area contributed by atoms with E-state index in [1.807, 2.05) is 23.1 Å². The molecule has 0 saturated heterocycles. The largest absolute Gasteiger partial charge is 0.368 e. The second-order valence-corrected chi connectivity index (χ2v) is 7.39. The van der Waals surface area contributed by atoms with Crippen LogP contribution in [-0.2, 0) is 4.79 Å². The van der Waals surface area contributed by atoms with Gasteiger partial charge in [0.2, 0.25) is 11.9 Å². The molecule has 0 bridgehead atoms. The number of fused-ring (bicyclic) bond motifs is 1. The van der Waals surface area contributed by atoms with Gasteiger partial charge in [-0.3, -0.25) is 14.2 Å². The van der Waals surface area contributed by atoms with Gasteiger partial charge in [-0.25, -0.2) is 9.97 Å². The number of thioether (sulfide) groups is 1. The fourth-order valence-corrected chi connectivity index (χ4v) is 3.42. The molecule has 26 heavy (non-hydrogen) atoms. The third kappa shape index (κ3) is 3.58. The molecular weight excluding hydrogens is 418 g/mol. The van der Waals surface area contributed by atoms with Gasteiger partial charge in [0.05, 0.1) is 16.5 Å². The molecule has 2 heterocycles. The van der Waals surface area contributed by atoms with E-state index in [-0.39, 0.29) is 12.5 Å². The quantitative estimate of drug-likeness (QED) is 0.623. The summed E-state index contributed by atoms with van der Waals surface area (Å²) in [6.07, 6.45) is 7.27. The first kappa shape index (κ1) is 18.4. The Bertz CT molecular complexity index is 987. The van der Waals surface area contributed by atoms with Crippen LogP contribution in [0.2, 0.25) is 0 Å². The highest BCUT2D eigenvalue weighted by molar-refractivity contribution is 9.10. The van der Waals surface area contributed by atoms with E-state index < -0.39 is 5.91 Å². The fraction of sp³-hybridized carbons (Fsp3) is 0.176. The Morgan fingerprint density at radius 1 is 1.31 bits per heavy atom. The lowest BCUT2D eigenvalue weighted by Gasteiger charge is -2.15. The molecule has 0 aliphatic rings. The van der Waals surface area contributed by atoms with Gasteiger partial charge in [-0.15, -0.1) is 11.8 Å². The van der Waals surface area contributed by atoms with Gasteiger partial charge < -0.3 is 10.6 Å². The Balaban J connectivity index is 2.10. The summed E-state index contributed by atoms with van der Waals surface area (Å²) >= 11 is 4.93.